The Labute approximate surface area is 163 Å². The van der Waals surface area contributed by atoms with E-state index >= 15 is 0 Å². The number of aromatic nitrogens is 3. The van der Waals surface area contributed by atoms with Crippen LogP contribution in [0.1, 0.15) is 18.5 Å². The number of nitrogens with zero attached hydrogens (tertiary/aromatic N) is 4. The van der Waals surface area contributed by atoms with Crippen molar-refractivity contribution < 1.29 is 17.9 Å². The highest BCUT2D eigenvalue weighted by Crippen LogP contribution is 2.34. The Kier molecular flexibility index (Phi) is 4.78. The maximum absolute atomic E-state index is 13.1. The Morgan fingerprint density at radius 1 is 1.07 bits per heavy atom. The molecule has 4 rings (SSSR count). The van der Waals surface area contributed by atoms with Gasteiger partial charge < -0.3 is 9.47 Å². The molecule has 28 heavy (non-hydrogen) atoms. The zero-order valence-electron chi connectivity index (χ0n) is 15.5. The minimum Gasteiger partial charge on any atom is -0.486 e. The number of hydrogen-bond acceptors (Lipinski definition) is 6. The van der Waals surface area contributed by atoms with E-state index < -0.39 is 10.0 Å². The normalized spacial score (nSPS) is 14.8. The van der Waals surface area contributed by atoms with Gasteiger partial charge in [-0.1, -0.05) is 12.1 Å². The van der Waals surface area contributed by atoms with Crippen LogP contribution in [0.4, 0.5) is 0 Å². The summed E-state index contributed by atoms with van der Waals surface area (Å²) in [6.45, 7) is 2.71. The van der Waals surface area contributed by atoms with E-state index in [9.17, 15) is 8.42 Å². The molecule has 2 aromatic carbocycles. The van der Waals surface area contributed by atoms with Gasteiger partial charge in [0, 0.05) is 19.2 Å². The molecule has 0 fully saturated rings. The van der Waals surface area contributed by atoms with E-state index in [1.165, 1.54) is 16.7 Å². The highest BCUT2D eigenvalue weighted by atomic mass is 32.2. The average Bonchev–Trinajstić information content (AvgIpc) is 3.27. The van der Waals surface area contributed by atoms with Crippen LogP contribution in [0.2, 0.25) is 0 Å². The van der Waals surface area contributed by atoms with Crippen LogP contribution in [0, 0.1) is 0 Å². The summed E-state index contributed by atoms with van der Waals surface area (Å²) in [7, 11) is -2.13. The Morgan fingerprint density at radius 2 is 1.79 bits per heavy atom. The molecular formula is C19H20N4O4S. The molecule has 2 heterocycles. The van der Waals surface area contributed by atoms with Gasteiger partial charge in [-0.3, -0.25) is 0 Å². The van der Waals surface area contributed by atoms with E-state index in [0.717, 1.165) is 11.3 Å². The molecule has 146 valence electrons. The quantitative estimate of drug-likeness (QED) is 0.654. The van der Waals surface area contributed by atoms with Crippen molar-refractivity contribution in [3.8, 4) is 17.2 Å². The fraction of sp³-hybridized carbons (Fsp3) is 0.263. The second-order valence-corrected chi connectivity index (χ2v) is 8.43. The van der Waals surface area contributed by atoms with Crippen LogP contribution in [0.3, 0.4) is 0 Å². The molecule has 0 radical (unpaired) electrons. The standard InChI is InChI=1S/C19H20N4O4S/c1-14(15-3-5-16(6-4-15)23-13-20-12-21-23)22(2)28(24,25)17-7-8-18-19(11-17)27-10-9-26-18/h3-8,11-14H,9-10H2,1-2H3/t14-/m1/s1. The first-order valence-corrected chi connectivity index (χ1v) is 10.2. The van der Waals surface area contributed by atoms with Crippen molar-refractivity contribution in [3.63, 3.8) is 0 Å². The Hall–Kier alpha value is -2.91. The molecule has 3 aromatic rings. The molecule has 0 saturated carbocycles. The van der Waals surface area contributed by atoms with Crippen molar-refractivity contribution >= 4 is 10.0 Å². The predicted octanol–water partition coefficient (Wildman–Crippen LogP) is 2.42. The van der Waals surface area contributed by atoms with Crippen molar-refractivity contribution in [1.29, 1.82) is 0 Å². The van der Waals surface area contributed by atoms with Crippen molar-refractivity contribution in [1.82, 2.24) is 19.1 Å². The van der Waals surface area contributed by atoms with E-state index in [1.54, 1.807) is 30.2 Å². The second-order valence-electron chi connectivity index (χ2n) is 6.43. The predicted molar refractivity (Wildman–Crippen MR) is 102 cm³/mol. The minimum absolute atomic E-state index is 0.172. The summed E-state index contributed by atoms with van der Waals surface area (Å²) in [5.41, 5.74) is 1.72. The molecule has 8 nitrogen and oxygen atoms in total. The largest absolute Gasteiger partial charge is 0.486 e. The van der Waals surface area contributed by atoms with Gasteiger partial charge in [0.2, 0.25) is 10.0 Å². The van der Waals surface area contributed by atoms with Gasteiger partial charge in [0.25, 0.3) is 0 Å². The van der Waals surface area contributed by atoms with Crippen LogP contribution >= 0.6 is 0 Å². The van der Waals surface area contributed by atoms with Crippen LogP contribution in [-0.4, -0.2) is 47.7 Å². The summed E-state index contributed by atoms with van der Waals surface area (Å²) < 4.78 is 40.2. The molecule has 0 saturated heterocycles. The van der Waals surface area contributed by atoms with Crippen molar-refractivity contribution in [3.05, 3.63) is 60.7 Å². The number of hydrogen-bond donors (Lipinski definition) is 0. The van der Waals surface area contributed by atoms with E-state index in [0.29, 0.717) is 24.7 Å². The third kappa shape index (κ3) is 3.34. The molecule has 0 aliphatic carbocycles. The highest BCUT2D eigenvalue weighted by Gasteiger charge is 2.28. The molecule has 1 atom stereocenters. The van der Waals surface area contributed by atoms with Gasteiger partial charge in [-0.2, -0.15) is 9.40 Å². The smallest absolute Gasteiger partial charge is 0.243 e. The van der Waals surface area contributed by atoms with Crippen molar-refractivity contribution in [2.75, 3.05) is 20.3 Å². The average molecular weight is 400 g/mol. The molecule has 1 aliphatic rings. The van der Waals surface area contributed by atoms with Gasteiger partial charge in [0.15, 0.2) is 11.5 Å². The van der Waals surface area contributed by atoms with Crippen LogP contribution in [0.5, 0.6) is 11.5 Å². The summed E-state index contributed by atoms with van der Waals surface area (Å²) in [6.07, 6.45) is 3.07. The van der Waals surface area contributed by atoms with Crippen LogP contribution < -0.4 is 9.47 Å². The minimum atomic E-state index is -3.70. The Bertz CT molecular complexity index is 1070. The van der Waals surface area contributed by atoms with Gasteiger partial charge in [-0.15, -0.1) is 0 Å². The third-order valence-corrected chi connectivity index (χ3v) is 6.72. The first-order chi connectivity index (χ1) is 13.5. The number of benzene rings is 2. The van der Waals surface area contributed by atoms with Gasteiger partial charge in [-0.05, 0) is 36.8 Å². The van der Waals surface area contributed by atoms with E-state index in [1.807, 2.05) is 31.2 Å². The number of fused-ring (bicyclic) bond motifs is 1. The lowest BCUT2D eigenvalue weighted by Crippen LogP contribution is -2.30. The Balaban J connectivity index is 1.58. The lowest BCUT2D eigenvalue weighted by molar-refractivity contribution is 0.171. The molecule has 0 unspecified atom stereocenters. The fourth-order valence-electron chi connectivity index (χ4n) is 3.02. The van der Waals surface area contributed by atoms with E-state index in [4.69, 9.17) is 9.47 Å². The molecular weight excluding hydrogens is 380 g/mol. The lowest BCUT2D eigenvalue weighted by atomic mass is 10.1. The first-order valence-electron chi connectivity index (χ1n) is 8.79. The van der Waals surface area contributed by atoms with E-state index in [2.05, 4.69) is 10.1 Å². The Morgan fingerprint density at radius 3 is 2.46 bits per heavy atom. The molecule has 0 amide bonds. The summed E-state index contributed by atoms with van der Waals surface area (Å²) in [4.78, 5) is 4.10. The first kappa shape index (κ1) is 18.5. The molecule has 1 aromatic heterocycles. The SMILES string of the molecule is C[C@H](c1ccc(-n2cncn2)cc1)N(C)S(=O)(=O)c1ccc2c(c1)OCCO2. The zero-order chi connectivity index (χ0) is 19.7. The summed E-state index contributed by atoms with van der Waals surface area (Å²) in [6, 6.07) is 11.9. The van der Waals surface area contributed by atoms with Gasteiger partial charge in [0.05, 0.1) is 10.6 Å². The number of ether oxygens (including phenoxy) is 2. The van der Waals surface area contributed by atoms with Gasteiger partial charge in [-0.25, -0.2) is 18.1 Å². The molecule has 1 aliphatic heterocycles. The number of sulfonamides is 1. The highest BCUT2D eigenvalue weighted by molar-refractivity contribution is 7.89. The zero-order valence-corrected chi connectivity index (χ0v) is 16.3. The topological polar surface area (TPSA) is 86.6 Å². The molecule has 0 N–H and O–H groups in total. The van der Waals surface area contributed by atoms with Crippen molar-refractivity contribution in [2.45, 2.75) is 17.9 Å². The number of rotatable bonds is 5. The monoisotopic (exact) mass is 400 g/mol. The van der Waals surface area contributed by atoms with Crippen molar-refractivity contribution in [2.24, 2.45) is 0 Å². The maximum atomic E-state index is 13.1. The fourth-order valence-corrected chi connectivity index (χ4v) is 4.38. The summed E-state index contributed by atoms with van der Waals surface area (Å²) in [5.74, 6) is 1.01. The van der Waals surface area contributed by atoms with E-state index in [-0.39, 0.29) is 10.9 Å². The summed E-state index contributed by atoms with van der Waals surface area (Å²) in [5, 5.41) is 4.09. The van der Waals surface area contributed by atoms with Gasteiger partial charge in [0.1, 0.15) is 25.9 Å². The lowest BCUT2D eigenvalue weighted by Gasteiger charge is -2.26. The van der Waals surface area contributed by atoms with Crippen LogP contribution in [0.25, 0.3) is 5.69 Å². The maximum Gasteiger partial charge on any atom is 0.243 e. The van der Waals surface area contributed by atoms with Crippen LogP contribution in [0.15, 0.2) is 60.0 Å². The molecule has 0 bridgehead atoms. The van der Waals surface area contributed by atoms with Gasteiger partial charge >= 0.3 is 0 Å². The van der Waals surface area contributed by atoms with Crippen LogP contribution in [-0.2, 0) is 10.0 Å². The third-order valence-electron chi connectivity index (χ3n) is 4.79. The molecule has 9 heteroatoms. The second kappa shape index (κ2) is 7.25. The summed E-state index contributed by atoms with van der Waals surface area (Å²) >= 11 is 0. The molecule has 0 spiro atoms.